The molecule has 0 fully saturated rings. The van der Waals surface area contributed by atoms with Crippen LogP contribution in [-0.4, -0.2) is 77.3 Å². The molecule has 24 heavy (non-hydrogen) atoms. The molecule has 0 heterocycles. The molecule has 0 aliphatic rings. The number of aliphatic hydroxyl groups is 4. The molecule has 8 N–H and O–H groups in total. The fourth-order valence-corrected chi connectivity index (χ4v) is 4.29. The zero-order chi connectivity index (χ0) is 19.3. The summed E-state index contributed by atoms with van der Waals surface area (Å²) in [6.45, 7) is -1.07. The number of phosphoric ester groups is 1. The van der Waals surface area contributed by atoms with Gasteiger partial charge < -0.3 is 44.8 Å². The Balaban J connectivity index is 5.11. The summed E-state index contributed by atoms with van der Waals surface area (Å²) in [7, 11) is -17.2. The highest BCUT2D eigenvalue weighted by atomic mass is 31.3. The smallest absolute Gasteiger partial charge is 0.394 e. The zero-order valence-corrected chi connectivity index (χ0v) is 14.1. The molecule has 18 heteroatoms. The van der Waals surface area contributed by atoms with E-state index >= 15 is 0 Å². The Labute approximate surface area is 133 Å². The van der Waals surface area contributed by atoms with Crippen molar-refractivity contribution in [1.82, 2.24) is 0 Å². The number of aliphatic hydroxyl groups excluding tert-OH is 4. The molecule has 0 aromatic carbocycles. The van der Waals surface area contributed by atoms with Gasteiger partial charge in [-0.15, -0.1) is 0 Å². The lowest BCUT2D eigenvalue weighted by molar-refractivity contribution is -0.134. The SMILES string of the molecule is O=C[C@H](OP(=O)(O)OP(=O)(O)OP(=O)(O)O)[C@@H](O)[C@@H](O)[C@H](O)CO. The first-order chi connectivity index (χ1) is 10.6. The predicted molar refractivity (Wildman–Crippen MR) is 69.9 cm³/mol. The summed E-state index contributed by atoms with van der Waals surface area (Å²) in [6.07, 6.45) is -9.39. The van der Waals surface area contributed by atoms with Gasteiger partial charge in [-0.1, -0.05) is 0 Å². The Morgan fingerprint density at radius 3 is 1.75 bits per heavy atom. The van der Waals surface area contributed by atoms with Crippen LogP contribution in [-0.2, 0) is 31.6 Å². The third-order valence-corrected chi connectivity index (χ3v) is 5.91. The van der Waals surface area contributed by atoms with Crippen molar-refractivity contribution in [2.75, 3.05) is 6.61 Å². The van der Waals surface area contributed by atoms with Gasteiger partial charge in [0.1, 0.15) is 18.3 Å². The molecule has 2 unspecified atom stereocenters. The minimum absolute atomic E-state index is 0.365. The number of hydrogen-bond acceptors (Lipinski definition) is 11. The second-order valence-electron chi connectivity index (χ2n) is 4.03. The maximum absolute atomic E-state index is 11.4. The van der Waals surface area contributed by atoms with Crippen molar-refractivity contribution >= 4 is 29.8 Å². The molecule has 0 aromatic rings. The van der Waals surface area contributed by atoms with Gasteiger partial charge in [-0.2, -0.15) is 8.62 Å². The average molecular weight is 420 g/mol. The van der Waals surface area contributed by atoms with E-state index in [1.54, 1.807) is 0 Å². The summed E-state index contributed by atoms with van der Waals surface area (Å²) in [5.74, 6) is 0. The lowest BCUT2D eigenvalue weighted by Gasteiger charge is -2.26. The van der Waals surface area contributed by atoms with Crippen LogP contribution in [0.4, 0.5) is 0 Å². The lowest BCUT2D eigenvalue weighted by Crippen LogP contribution is -2.47. The molecule has 15 nitrogen and oxygen atoms in total. The van der Waals surface area contributed by atoms with Crippen molar-refractivity contribution in [1.29, 1.82) is 0 Å². The van der Waals surface area contributed by atoms with E-state index in [2.05, 4.69) is 13.1 Å². The second kappa shape index (κ2) is 9.03. The topological polar surface area (TPSA) is 258 Å². The highest BCUT2D eigenvalue weighted by molar-refractivity contribution is 7.66. The maximum Gasteiger partial charge on any atom is 0.490 e. The predicted octanol–water partition coefficient (Wildman–Crippen LogP) is -3.03. The molecular weight excluding hydrogens is 405 g/mol. The fraction of sp³-hybridized carbons (Fsp3) is 0.833. The maximum atomic E-state index is 11.4. The zero-order valence-electron chi connectivity index (χ0n) is 11.4. The van der Waals surface area contributed by atoms with Gasteiger partial charge in [0, 0.05) is 0 Å². The van der Waals surface area contributed by atoms with Crippen LogP contribution in [0.15, 0.2) is 0 Å². The Morgan fingerprint density at radius 1 is 0.875 bits per heavy atom. The molecule has 0 aliphatic carbocycles. The Kier molecular flexibility index (Phi) is 9.00. The monoisotopic (exact) mass is 420 g/mol. The molecule has 0 amide bonds. The Morgan fingerprint density at radius 2 is 1.38 bits per heavy atom. The highest BCUT2D eigenvalue weighted by Gasteiger charge is 2.44. The van der Waals surface area contributed by atoms with E-state index in [-0.39, 0.29) is 6.29 Å². The summed E-state index contributed by atoms with van der Waals surface area (Å²) in [4.78, 5) is 45.4. The van der Waals surface area contributed by atoms with E-state index in [1.807, 2.05) is 0 Å². The highest BCUT2D eigenvalue weighted by Crippen LogP contribution is 2.66. The summed E-state index contributed by atoms with van der Waals surface area (Å²) in [6, 6.07) is 0. The van der Waals surface area contributed by atoms with Gasteiger partial charge in [0.15, 0.2) is 12.4 Å². The summed E-state index contributed by atoms with van der Waals surface area (Å²) in [5, 5.41) is 36.4. The van der Waals surface area contributed by atoms with Crippen molar-refractivity contribution in [2.24, 2.45) is 0 Å². The third-order valence-electron chi connectivity index (χ3n) is 2.07. The minimum Gasteiger partial charge on any atom is -0.394 e. The van der Waals surface area contributed by atoms with E-state index in [9.17, 15) is 28.7 Å². The number of carbonyl (C=O) groups excluding carboxylic acids is 1. The van der Waals surface area contributed by atoms with E-state index in [1.165, 1.54) is 0 Å². The summed E-state index contributed by atoms with van der Waals surface area (Å²) in [5.41, 5.74) is 0. The molecule has 0 aromatic heterocycles. The van der Waals surface area contributed by atoms with E-state index in [4.69, 9.17) is 29.8 Å². The van der Waals surface area contributed by atoms with Crippen LogP contribution in [0.2, 0.25) is 0 Å². The van der Waals surface area contributed by atoms with Gasteiger partial charge in [-0.05, 0) is 0 Å². The largest absolute Gasteiger partial charge is 0.490 e. The first-order valence-corrected chi connectivity index (χ1v) is 10.1. The number of phosphoric acid groups is 3. The van der Waals surface area contributed by atoms with Crippen molar-refractivity contribution in [3.8, 4) is 0 Å². The van der Waals surface area contributed by atoms with Crippen molar-refractivity contribution < 1.29 is 71.6 Å². The second-order valence-corrected chi connectivity index (χ2v) is 8.40. The van der Waals surface area contributed by atoms with Gasteiger partial charge in [0.05, 0.1) is 6.61 Å². The van der Waals surface area contributed by atoms with E-state index < -0.39 is 54.5 Å². The number of carbonyl (C=O) groups is 1. The standard InChI is InChI=1S/C6H15O15P3/c7-1-3(9)5(10)6(11)4(2-8)19-23(15,16)21-24(17,18)20-22(12,13)14/h2-7,9-11H,1H2,(H,15,16)(H,17,18)(H2,12,13,14)/t3-,4+,5+,6-/m1/s1. The molecular formula is C6H15O15P3. The molecule has 0 rings (SSSR count). The van der Waals surface area contributed by atoms with Crippen LogP contribution in [0.1, 0.15) is 0 Å². The van der Waals surface area contributed by atoms with Crippen LogP contribution in [0.25, 0.3) is 0 Å². The molecule has 0 aliphatic heterocycles. The third kappa shape index (κ3) is 8.85. The first-order valence-electron chi connectivity index (χ1n) is 5.56. The van der Waals surface area contributed by atoms with Crippen molar-refractivity contribution in [2.45, 2.75) is 24.4 Å². The summed E-state index contributed by atoms with van der Waals surface area (Å²) < 4.78 is 43.6. The molecule has 6 atom stereocenters. The normalized spacial score (nSPS) is 22.7. The van der Waals surface area contributed by atoms with Crippen molar-refractivity contribution in [3.05, 3.63) is 0 Å². The fourth-order valence-electron chi connectivity index (χ4n) is 1.15. The molecule has 0 saturated heterocycles. The van der Waals surface area contributed by atoms with Gasteiger partial charge in [0.2, 0.25) is 0 Å². The summed E-state index contributed by atoms with van der Waals surface area (Å²) >= 11 is 0. The van der Waals surface area contributed by atoms with Gasteiger partial charge >= 0.3 is 23.5 Å². The molecule has 0 bridgehead atoms. The van der Waals surface area contributed by atoms with Crippen LogP contribution in [0.5, 0.6) is 0 Å². The molecule has 0 radical (unpaired) electrons. The van der Waals surface area contributed by atoms with Gasteiger partial charge in [-0.3, -0.25) is 4.52 Å². The van der Waals surface area contributed by atoms with Crippen LogP contribution < -0.4 is 0 Å². The average Bonchev–Trinajstić information content (AvgIpc) is 2.38. The molecule has 0 saturated carbocycles. The Bertz CT molecular complexity index is 555. The van der Waals surface area contributed by atoms with Gasteiger partial charge in [-0.25, -0.2) is 13.7 Å². The van der Waals surface area contributed by atoms with E-state index in [0.717, 1.165) is 0 Å². The lowest BCUT2D eigenvalue weighted by atomic mass is 10.0. The Hall–Kier alpha value is -0.0800. The molecule has 144 valence electrons. The number of rotatable bonds is 11. The van der Waals surface area contributed by atoms with Crippen LogP contribution in [0, 0.1) is 0 Å². The quantitative estimate of drug-likeness (QED) is 0.122. The van der Waals surface area contributed by atoms with Crippen LogP contribution >= 0.6 is 23.5 Å². The number of aldehydes is 1. The number of hydrogen-bond donors (Lipinski definition) is 8. The molecule has 0 spiro atoms. The van der Waals surface area contributed by atoms with Crippen molar-refractivity contribution in [3.63, 3.8) is 0 Å². The van der Waals surface area contributed by atoms with E-state index in [0.29, 0.717) is 0 Å². The minimum atomic E-state index is -5.83. The van der Waals surface area contributed by atoms with Gasteiger partial charge in [0.25, 0.3) is 0 Å². The van der Waals surface area contributed by atoms with Crippen LogP contribution in [0.3, 0.4) is 0 Å². The first kappa shape index (κ1) is 23.9.